The standard InChI is InChI=1S/C18H25ClN6OS/c1-4-18(2)6-9-25(10-7-18)17-23-15(21)13(16(26)24(17)3)27-11-5-8-22-14(20)12(11)19/h5,8H,4,6-7,9-10,21H2,1-3H3,(H2,20,22). The first-order valence-electron chi connectivity index (χ1n) is 8.95. The van der Waals surface area contributed by atoms with Crippen molar-refractivity contribution in [3.63, 3.8) is 0 Å². The number of rotatable bonds is 4. The highest BCUT2D eigenvalue weighted by Gasteiger charge is 2.30. The fourth-order valence-corrected chi connectivity index (χ4v) is 4.34. The number of nitrogens with zero attached hydrogens (tertiary/aromatic N) is 4. The molecule has 4 N–H and O–H groups in total. The number of nitrogens with two attached hydrogens (primary N) is 2. The van der Waals surface area contributed by atoms with Crippen LogP contribution in [0.25, 0.3) is 0 Å². The monoisotopic (exact) mass is 408 g/mol. The van der Waals surface area contributed by atoms with Crippen molar-refractivity contribution in [2.24, 2.45) is 12.5 Å². The molecule has 9 heteroatoms. The van der Waals surface area contributed by atoms with Gasteiger partial charge in [0.05, 0.1) is 5.02 Å². The minimum absolute atomic E-state index is 0.197. The Labute approximate surface area is 168 Å². The van der Waals surface area contributed by atoms with E-state index in [2.05, 4.69) is 28.7 Å². The lowest BCUT2D eigenvalue weighted by molar-refractivity contribution is 0.236. The third-order valence-electron chi connectivity index (χ3n) is 5.45. The number of hydrogen-bond donors (Lipinski definition) is 2. The number of halogens is 1. The number of hydrogen-bond acceptors (Lipinski definition) is 7. The molecule has 0 bridgehead atoms. The van der Waals surface area contributed by atoms with Crippen LogP contribution in [0.15, 0.2) is 26.8 Å². The third kappa shape index (κ3) is 3.87. The molecule has 1 fully saturated rings. The van der Waals surface area contributed by atoms with Gasteiger partial charge >= 0.3 is 0 Å². The number of piperidine rings is 1. The van der Waals surface area contributed by atoms with Gasteiger partial charge in [0.15, 0.2) is 0 Å². The van der Waals surface area contributed by atoms with Crippen molar-refractivity contribution in [3.05, 3.63) is 27.6 Å². The summed E-state index contributed by atoms with van der Waals surface area (Å²) in [6.07, 6.45) is 4.84. The molecule has 0 atom stereocenters. The SMILES string of the molecule is CCC1(C)CCN(c2nc(N)c(Sc3ccnc(N)c3Cl)c(=O)n2C)CC1. The van der Waals surface area contributed by atoms with Gasteiger partial charge in [-0.25, -0.2) is 4.98 Å². The number of nitrogen functional groups attached to an aromatic ring is 2. The quantitative estimate of drug-likeness (QED) is 0.800. The maximum absolute atomic E-state index is 12.9. The summed E-state index contributed by atoms with van der Waals surface area (Å²) >= 11 is 7.36. The molecular formula is C18H25ClN6OS. The maximum atomic E-state index is 12.9. The van der Waals surface area contributed by atoms with E-state index >= 15 is 0 Å². The molecular weight excluding hydrogens is 384 g/mol. The van der Waals surface area contributed by atoms with E-state index in [1.807, 2.05) is 0 Å². The molecule has 7 nitrogen and oxygen atoms in total. The Balaban J connectivity index is 1.91. The predicted molar refractivity (Wildman–Crippen MR) is 112 cm³/mol. The Kier molecular flexibility index (Phi) is 5.58. The molecule has 0 spiro atoms. The second-order valence-electron chi connectivity index (χ2n) is 7.25. The highest BCUT2D eigenvalue weighted by molar-refractivity contribution is 7.99. The van der Waals surface area contributed by atoms with Crippen molar-refractivity contribution in [2.45, 2.75) is 42.9 Å². The summed E-state index contributed by atoms with van der Waals surface area (Å²) in [4.78, 5) is 24.5. The summed E-state index contributed by atoms with van der Waals surface area (Å²) in [5.41, 5.74) is 12.1. The van der Waals surface area contributed by atoms with Gasteiger partial charge in [0.1, 0.15) is 16.5 Å². The Bertz CT molecular complexity index is 907. The topological polar surface area (TPSA) is 103 Å². The van der Waals surface area contributed by atoms with Crippen LogP contribution in [0.1, 0.15) is 33.1 Å². The zero-order valence-corrected chi connectivity index (χ0v) is 17.4. The van der Waals surface area contributed by atoms with Crippen LogP contribution in [0.3, 0.4) is 0 Å². The second kappa shape index (κ2) is 7.59. The molecule has 0 aromatic carbocycles. The summed E-state index contributed by atoms with van der Waals surface area (Å²) in [5.74, 6) is 1.03. The van der Waals surface area contributed by atoms with Crippen LogP contribution in [-0.2, 0) is 7.05 Å². The van der Waals surface area contributed by atoms with Gasteiger partial charge in [0.25, 0.3) is 5.56 Å². The summed E-state index contributed by atoms with van der Waals surface area (Å²) in [5, 5.41) is 0.308. The van der Waals surface area contributed by atoms with E-state index in [1.54, 1.807) is 23.9 Å². The summed E-state index contributed by atoms with van der Waals surface area (Å²) in [6, 6.07) is 1.70. The Morgan fingerprint density at radius 2 is 1.96 bits per heavy atom. The van der Waals surface area contributed by atoms with Crippen LogP contribution in [0.2, 0.25) is 5.02 Å². The van der Waals surface area contributed by atoms with Gasteiger partial charge in [-0.1, -0.05) is 43.6 Å². The molecule has 0 unspecified atom stereocenters. The van der Waals surface area contributed by atoms with E-state index in [1.165, 1.54) is 0 Å². The fourth-order valence-electron chi connectivity index (χ4n) is 3.20. The zero-order valence-electron chi connectivity index (χ0n) is 15.8. The van der Waals surface area contributed by atoms with Gasteiger partial charge in [-0.15, -0.1) is 0 Å². The van der Waals surface area contributed by atoms with Crippen LogP contribution in [-0.4, -0.2) is 27.6 Å². The molecule has 0 radical (unpaired) electrons. The van der Waals surface area contributed by atoms with Crippen LogP contribution in [0.4, 0.5) is 17.6 Å². The van der Waals surface area contributed by atoms with E-state index in [4.69, 9.17) is 23.1 Å². The van der Waals surface area contributed by atoms with Crippen molar-refractivity contribution in [1.82, 2.24) is 14.5 Å². The number of pyridine rings is 1. The minimum atomic E-state index is -0.197. The largest absolute Gasteiger partial charge is 0.382 e. The van der Waals surface area contributed by atoms with Crippen molar-refractivity contribution < 1.29 is 0 Å². The van der Waals surface area contributed by atoms with Gasteiger partial charge in [0, 0.05) is 31.2 Å². The molecule has 27 heavy (non-hydrogen) atoms. The van der Waals surface area contributed by atoms with E-state index in [-0.39, 0.29) is 17.2 Å². The predicted octanol–water partition coefficient (Wildman–Crippen LogP) is 3.16. The molecule has 0 amide bonds. The van der Waals surface area contributed by atoms with Gasteiger partial charge in [0.2, 0.25) is 5.95 Å². The molecule has 146 valence electrons. The first-order valence-corrected chi connectivity index (χ1v) is 10.1. The Hall–Kier alpha value is -1.93. The van der Waals surface area contributed by atoms with Gasteiger partial charge in [-0.3, -0.25) is 9.36 Å². The van der Waals surface area contributed by atoms with Crippen molar-refractivity contribution in [1.29, 1.82) is 0 Å². The highest BCUT2D eigenvalue weighted by atomic mass is 35.5. The lowest BCUT2D eigenvalue weighted by Crippen LogP contribution is -2.41. The van der Waals surface area contributed by atoms with E-state index < -0.39 is 0 Å². The number of aromatic nitrogens is 3. The van der Waals surface area contributed by atoms with Gasteiger partial charge in [-0.2, -0.15) is 4.98 Å². The van der Waals surface area contributed by atoms with Gasteiger partial charge < -0.3 is 16.4 Å². The zero-order chi connectivity index (χ0) is 19.8. The average molecular weight is 409 g/mol. The van der Waals surface area contributed by atoms with E-state index in [0.29, 0.717) is 26.2 Å². The molecule has 0 saturated carbocycles. The van der Waals surface area contributed by atoms with Crippen LogP contribution < -0.4 is 21.9 Å². The molecule has 2 aromatic heterocycles. The molecule has 2 aromatic rings. The molecule has 0 aliphatic carbocycles. The van der Waals surface area contributed by atoms with Crippen molar-refractivity contribution in [2.75, 3.05) is 29.5 Å². The lowest BCUT2D eigenvalue weighted by atomic mass is 9.78. The minimum Gasteiger partial charge on any atom is -0.382 e. The smallest absolute Gasteiger partial charge is 0.270 e. The molecule has 1 saturated heterocycles. The fraction of sp³-hybridized carbons (Fsp3) is 0.500. The molecule has 1 aliphatic heterocycles. The van der Waals surface area contributed by atoms with Crippen LogP contribution >= 0.6 is 23.4 Å². The molecule has 1 aliphatic rings. The van der Waals surface area contributed by atoms with Crippen molar-refractivity contribution in [3.8, 4) is 0 Å². The first-order chi connectivity index (χ1) is 12.8. The normalized spacial score (nSPS) is 16.5. The summed E-state index contributed by atoms with van der Waals surface area (Å²) in [7, 11) is 1.73. The maximum Gasteiger partial charge on any atom is 0.270 e. The first kappa shape index (κ1) is 19.8. The highest BCUT2D eigenvalue weighted by Crippen LogP contribution is 2.37. The second-order valence-corrected chi connectivity index (χ2v) is 8.68. The van der Waals surface area contributed by atoms with E-state index in [9.17, 15) is 4.79 Å². The van der Waals surface area contributed by atoms with E-state index in [0.717, 1.165) is 44.1 Å². The van der Waals surface area contributed by atoms with Crippen molar-refractivity contribution >= 4 is 40.9 Å². The molecule has 3 heterocycles. The van der Waals surface area contributed by atoms with Gasteiger partial charge in [-0.05, 0) is 24.3 Å². The summed E-state index contributed by atoms with van der Waals surface area (Å²) in [6.45, 7) is 6.27. The molecule has 3 rings (SSSR count). The lowest BCUT2D eigenvalue weighted by Gasteiger charge is -2.39. The number of anilines is 3. The average Bonchev–Trinajstić information content (AvgIpc) is 2.66. The van der Waals surface area contributed by atoms with Crippen LogP contribution in [0.5, 0.6) is 0 Å². The summed E-state index contributed by atoms with van der Waals surface area (Å²) < 4.78 is 1.56. The Morgan fingerprint density at radius 3 is 2.59 bits per heavy atom. The van der Waals surface area contributed by atoms with Crippen LogP contribution in [0, 0.1) is 5.41 Å². The third-order valence-corrected chi connectivity index (χ3v) is 7.11. The Morgan fingerprint density at radius 1 is 1.30 bits per heavy atom.